The van der Waals surface area contributed by atoms with Gasteiger partial charge in [0.2, 0.25) is 0 Å². The van der Waals surface area contributed by atoms with Crippen LogP contribution in [0.4, 0.5) is 0 Å². The average Bonchev–Trinajstić information content (AvgIpc) is 3.80. The third-order valence-corrected chi connectivity index (χ3v) is 10.7. The summed E-state index contributed by atoms with van der Waals surface area (Å²) in [6.07, 6.45) is 14.2. The summed E-state index contributed by atoms with van der Waals surface area (Å²) in [7, 11) is 0. The molecule has 0 radical (unpaired) electrons. The van der Waals surface area contributed by atoms with Crippen molar-refractivity contribution < 1.29 is 0 Å². The number of aliphatic imine (C=N–C) groups is 2. The molecular weight excluding hydrogens is 691 g/mol. The van der Waals surface area contributed by atoms with Crippen molar-refractivity contribution in [3.63, 3.8) is 0 Å². The van der Waals surface area contributed by atoms with Gasteiger partial charge in [-0.3, -0.25) is 9.98 Å². The molecule has 1 aliphatic carbocycles. The first-order valence-electron chi connectivity index (χ1n) is 19.4. The van der Waals surface area contributed by atoms with E-state index < -0.39 is 0 Å². The summed E-state index contributed by atoms with van der Waals surface area (Å²) in [5.74, 6) is 0. The lowest BCUT2D eigenvalue weighted by molar-refractivity contribution is 1.16. The predicted octanol–water partition coefficient (Wildman–Crippen LogP) is 13.9. The van der Waals surface area contributed by atoms with Crippen molar-refractivity contribution in [3.8, 4) is 39.1 Å². The van der Waals surface area contributed by atoms with Crippen molar-refractivity contribution in [2.45, 2.75) is 13.3 Å². The molecule has 0 amide bonds. The van der Waals surface area contributed by atoms with Gasteiger partial charge in [0.05, 0.1) is 16.7 Å². The Morgan fingerprint density at radius 3 is 1.74 bits per heavy atom. The normalized spacial score (nSPS) is 12.8. The van der Waals surface area contributed by atoms with Crippen LogP contribution in [0.2, 0.25) is 0 Å². The third kappa shape index (κ3) is 7.27. The summed E-state index contributed by atoms with van der Waals surface area (Å²) >= 11 is 0. The summed E-state index contributed by atoms with van der Waals surface area (Å²) in [4.78, 5) is 9.14. The van der Waals surface area contributed by atoms with E-state index in [9.17, 15) is 0 Å². The van der Waals surface area contributed by atoms with E-state index in [0.717, 1.165) is 29.0 Å². The van der Waals surface area contributed by atoms with Gasteiger partial charge in [0, 0.05) is 34.6 Å². The number of fused-ring (bicyclic) bond motifs is 6. The highest BCUT2D eigenvalue weighted by atomic mass is 15.0. The molecule has 0 saturated carbocycles. The fraction of sp³-hybridized carbons (Fsp3) is 0.0370. The van der Waals surface area contributed by atoms with Gasteiger partial charge in [-0.15, -0.1) is 0 Å². The predicted molar refractivity (Wildman–Crippen MR) is 243 cm³/mol. The number of hydrogen-bond acceptors (Lipinski definition) is 2. The molecule has 3 nitrogen and oxygen atoms in total. The van der Waals surface area contributed by atoms with Crippen molar-refractivity contribution in [2.24, 2.45) is 9.98 Å². The molecule has 0 fully saturated rings. The molecule has 0 atom stereocenters. The van der Waals surface area contributed by atoms with Gasteiger partial charge in [0.1, 0.15) is 0 Å². The van der Waals surface area contributed by atoms with Crippen LogP contribution in [0.1, 0.15) is 29.2 Å². The molecule has 0 unspecified atom stereocenters. The van der Waals surface area contributed by atoms with E-state index in [2.05, 4.69) is 167 Å². The molecule has 0 saturated heterocycles. The van der Waals surface area contributed by atoms with Crippen LogP contribution in [0.15, 0.2) is 217 Å². The summed E-state index contributed by atoms with van der Waals surface area (Å²) in [5, 5.41) is 2.50. The molecule has 1 aromatic heterocycles. The quantitative estimate of drug-likeness (QED) is 0.0990. The third-order valence-electron chi connectivity index (χ3n) is 10.7. The fourth-order valence-corrected chi connectivity index (χ4v) is 7.85. The van der Waals surface area contributed by atoms with Crippen LogP contribution >= 0.6 is 0 Å². The van der Waals surface area contributed by atoms with E-state index in [1.807, 2.05) is 61.7 Å². The molecule has 1 heterocycles. The van der Waals surface area contributed by atoms with Crippen molar-refractivity contribution in [1.29, 1.82) is 0 Å². The van der Waals surface area contributed by atoms with Gasteiger partial charge in [-0.2, -0.15) is 0 Å². The number of rotatable bonds is 10. The molecule has 7 aromatic carbocycles. The standard InChI is InChI=1S/C54H41N3/c1-38(40-17-9-6-10-18-40)55-31-15-4-3-5-16-32-56-39(2)43-23-27-49-46(33-43)34-47-35-48(26-28-50(47)49)57-53-29-24-44(41-19-11-7-12-20-41)36-51(53)52-37-45(25-30-54(52)57)42-21-13-8-14-22-42/h3-33,35-37H,2,34H2,1H3/b4-3-,16-5+,31-15-,55-38+,56-32+. The summed E-state index contributed by atoms with van der Waals surface area (Å²) in [6.45, 7) is 6.29. The van der Waals surface area contributed by atoms with E-state index in [1.54, 1.807) is 6.21 Å². The number of allylic oxidation sites excluding steroid dienone is 5. The van der Waals surface area contributed by atoms with E-state index >= 15 is 0 Å². The highest BCUT2D eigenvalue weighted by Crippen LogP contribution is 2.41. The number of benzene rings is 7. The first-order chi connectivity index (χ1) is 28.1. The van der Waals surface area contributed by atoms with Gasteiger partial charge in [0.25, 0.3) is 0 Å². The Bertz CT molecular complexity index is 2830. The van der Waals surface area contributed by atoms with Crippen LogP contribution in [0.3, 0.4) is 0 Å². The molecule has 0 aliphatic heterocycles. The number of hydrogen-bond donors (Lipinski definition) is 0. The smallest absolute Gasteiger partial charge is 0.0630 e. The molecule has 0 spiro atoms. The van der Waals surface area contributed by atoms with Gasteiger partial charge in [-0.25, -0.2) is 0 Å². The van der Waals surface area contributed by atoms with Gasteiger partial charge in [0.15, 0.2) is 0 Å². The highest BCUT2D eigenvalue weighted by Gasteiger charge is 2.21. The maximum atomic E-state index is 4.63. The largest absolute Gasteiger partial charge is 0.309 e. The van der Waals surface area contributed by atoms with Crippen LogP contribution in [0, 0.1) is 0 Å². The van der Waals surface area contributed by atoms with E-state index in [4.69, 9.17) is 0 Å². The SMILES string of the molecule is C=C(/N=C/C=C/C=C\C=C/N=C(\C)c1ccccc1)c1ccc2c(c1)Cc1cc(-n3c4ccc(-c5ccccc5)cc4c4cc(-c5ccccc5)ccc43)ccc1-2. The first-order valence-corrected chi connectivity index (χ1v) is 19.4. The van der Waals surface area contributed by atoms with Crippen LogP contribution in [-0.2, 0) is 6.42 Å². The van der Waals surface area contributed by atoms with Gasteiger partial charge in [-0.05, 0) is 124 Å². The summed E-state index contributed by atoms with van der Waals surface area (Å²) in [5.41, 5.74) is 17.5. The van der Waals surface area contributed by atoms with Crippen molar-refractivity contribution in [3.05, 3.63) is 229 Å². The highest BCUT2D eigenvalue weighted by molar-refractivity contribution is 6.11. The van der Waals surface area contributed by atoms with Crippen LogP contribution in [0.25, 0.3) is 66.6 Å². The van der Waals surface area contributed by atoms with Crippen molar-refractivity contribution in [1.82, 2.24) is 4.57 Å². The lowest BCUT2D eigenvalue weighted by Gasteiger charge is -2.11. The molecule has 8 aromatic rings. The molecule has 9 rings (SSSR count). The Morgan fingerprint density at radius 1 is 0.526 bits per heavy atom. The van der Waals surface area contributed by atoms with Crippen LogP contribution < -0.4 is 0 Å². The molecule has 57 heavy (non-hydrogen) atoms. The zero-order valence-electron chi connectivity index (χ0n) is 31.9. The van der Waals surface area contributed by atoms with Crippen LogP contribution in [-0.4, -0.2) is 16.5 Å². The number of aromatic nitrogens is 1. The summed E-state index contributed by atoms with van der Waals surface area (Å²) < 4.78 is 2.43. The minimum atomic E-state index is 0.740. The second kappa shape index (κ2) is 15.8. The molecule has 272 valence electrons. The lowest BCUT2D eigenvalue weighted by atomic mass is 10.0. The Labute approximate surface area is 334 Å². The van der Waals surface area contributed by atoms with Gasteiger partial charge < -0.3 is 4.57 Å². The zero-order chi connectivity index (χ0) is 38.6. The lowest BCUT2D eigenvalue weighted by Crippen LogP contribution is -1.95. The van der Waals surface area contributed by atoms with Gasteiger partial charge in [-0.1, -0.05) is 146 Å². The van der Waals surface area contributed by atoms with Gasteiger partial charge >= 0.3 is 0 Å². The topological polar surface area (TPSA) is 29.6 Å². The monoisotopic (exact) mass is 731 g/mol. The second-order valence-corrected chi connectivity index (χ2v) is 14.3. The second-order valence-electron chi connectivity index (χ2n) is 14.3. The maximum absolute atomic E-state index is 4.63. The first kappa shape index (κ1) is 35.3. The van der Waals surface area contributed by atoms with E-state index in [0.29, 0.717) is 0 Å². The molecule has 0 bridgehead atoms. The molecule has 0 N–H and O–H groups in total. The van der Waals surface area contributed by atoms with Crippen molar-refractivity contribution >= 4 is 39.4 Å². The minimum absolute atomic E-state index is 0.740. The molecular formula is C54H41N3. The fourth-order valence-electron chi connectivity index (χ4n) is 7.85. The molecule has 1 aliphatic rings. The summed E-state index contributed by atoms with van der Waals surface area (Å²) in [6, 6.07) is 58.8. The Morgan fingerprint density at radius 2 is 1.09 bits per heavy atom. The number of nitrogens with zero attached hydrogens (tertiary/aromatic N) is 3. The van der Waals surface area contributed by atoms with E-state index in [1.165, 1.54) is 72.0 Å². The zero-order valence-corrected chi connectivity index (χ0v) is 31.9. The van der Waals surface area contributed by atoms with Crippen molar-refractivity contribution in [2.75, 3.05) is 0 Å². The molecule has 3 heteroatoms. The minimum Gasteiger partial charge on any atom is -0.309 e. The maximum Gasteiger partial charge on any atom is 0.0630 e. The van der Waals surface area contributed by atoms with Crippen LogP contribution in [0.5, 0.6) is 0 Å². The Hall–Kier alpha value is -7.36. The Kier molecular flexibility index (Phi) is 9.79. The van der Waals surface area contributed by atoms with E-state index in [-0.39, 0.29) is 0 Å². The average molecular weight is 732 g/mol. The Balaban J connectivity index is 0.949.